The Balaban J connectivity index is 2.04. The van der Waals surface area contributed by atoms with Crippen LogP contribution in [0.1, 0.15) is 32.6 Å². The van der Waals surface area contributed by atoms with Gasteiger partial charge in [-0.05, 0) is 50.8 Å². The van der Waals surface area contributed by atoms with Crippen molar-refractivity contribution in [3.8, 4) is 5.75 Å². The van der Waals surface area contributed by atoms with E-state index >= 15 is 0 Å². The van der Waals surface area contributed by atoms with Gasteiger partial charge in [-0.3, -0.25) is 4.79 Å². The Morgan fingerprint density at radius 3 is 2.57 bits per heavy atom. The molecule has 1 amide bonds. The Bertz CT molecular complexity index is 485. The molecule has 0 radical (unpaired) electrons. The minimum Gasteiger partial charge on any atom is -0.495 e. The van der Waals surface area contributed by atoms with Gasteiger partial charge in [0.1, 0.15) is 5.75 Å². The van der Waals surface area contributed by atoms with Gasteiger partial charge in [-0.1, -0.05) is 11.6 Å². The van der Waals surface area contributed by atoms with E-state index in [1.54, 1.807) is 25.3 Å². The first kappa shape index (κ1) is 16.1. The van der Waals surface area contributed by atoms with Gasteiger partial charge in [-0.15, -0.1) is 0 Å². The number of amides is 1. The summed E-state index contributed by atoms with van der Waals surface area (Å²) in [4.78, 5) is 13.8. The molecule has 0 aliphatic carbocycles. The number of anilines is 1. The Kier molecular flexibility index (Phi) is 5.88. The molecule has 0 unspecified atom stereocenters. The molecule has 1 aliphatic heterocycles. The summed E-state index contributed by atoms with van der Waals surface area (Å²) >= 11 is 6.00. The van der Waals surface area contributed by atoms with Gasteiger partial charge in [0.2, 0.25) is 0 Å². The fourth-order valence-electron chi connectivity index (χ4n) is 2.82. The predicted molar refractivity (Wildman–Crippen MR) is 85.3 cm³/mol. The van der Waals surface area contributed by atoms with Crippen molar-refractivity contribution in [2.75, 3.05) is 25.5 Å². The largest absolute Gasteiger partial charge is 0.495 e. The SMILES string of the molecule is COc1ccc(Cl)cc1NC(=O)[C@H](C)[NH+]1CCCCCC1. The van der Waals surface area contributed by atoms with Gasteiger partial charge in [0.05, 0.1) is 25.9 Å². The zero-order chi connectivity index (χ0) is 15.2. The van der Waals surface area contributed by atoms with Crippen LogP contribution < -0.4 is 15.0 Å². The number of hydrogen-bond acceptors (Lipinski definition) is 2. The van der Waals surface area contributed by atoms with Gasteiger partial charge in [0, 0.05) is 5.02 Å². The van der Waals surface area contributed by atoms with E-state index in [-0.39, 0.29) is 11.9 Å². The van der Waals surface area contributed by atoms with Crippen molar-refractivity contribution in [2.45, 2.75) is 38.6 Å². The molecule has 1 aromatic carbocycles. The molecule has 116 valence electrons. The van der Waals surface area contributed by atoms with Crippen molar-refractivity contribution in [1.29, 1.82) is 0 Å². The highest BCUT2D eigenvalue weighted by Crippen LogP contribution is 2.27. The second kappa shape index (κ2) is 7.66. The number of carbonyl (C=O) groups is 1. The van der Waals surface area contributed by atoms with Crippen LogP contribution in [-0.4, -0.2) is 32.1 Å². The smallest absolute Gasteiger partial charge is 0.282 e. The van der Waals surface area contributed by atoms with Gasteiger partial charge < -0.3 is 15.0 Å². The first-order valence-electron chi connectivity index (χ1n) is 7.61. The van der Waals surface area contributed by atoms with Crippen LogP contribution in [0, 0.1) is 0 Å². The molecule has 2 N–H and O–H groups in total. The van der Waals surface area contributed by atoms with E-state index < -0.39 is 0 Å². The molecule has 1 atom stereocenters. The Labute approximate surface area is 131 Å². The second-order valence-corrected chi connectivity index (χ2v) is 6.06. The van der Waals surface area contributed by atoms with Gasteiger partial charge >= 0.3 is 0 Å². The summed E-state index contributed by atoms with van der Waals surface area (Å²) in [5, 5.41) is 3.53. The molecule has 2 rings (SSSR count). The van der Waals surface area contributed by atoms with Gasteiger partial charge in [0.15, 0.2) is 6.04 Å². The van der Waals surface area contributed by atoms with Gasteiger partial charge in [-0.25, -0.2) is 0 Å². The number of rotatable bonds is 4. The van der Waals surface area contributed by atoms with E-state index in [1.807, 2.05) is 6.92 Å². The number of nitrogens with one attached hydrogen (secondary N) is 2. The summed E-state index contributed by atoms with van der Waals surface area (Å²) in [6.45, 7) is 4.13. The standard InChI is InChI=1S/C16H23ClN2O2/c1-12(19-9-5-3-4-6-10-19)16(20)18-14-11-13(17)7-8-15(14)21-2/h7-8,11-12H,3-6,9-10H2,1-2H3,(H,18,20)/p+1/t12-/m0/s1. The van der Waals surface area contributed by atoms with E-state index in [9.17, 15) is 4.79 Å². The van der Waals surface area contributed by atoms with Crippen LogP contribution in [0.4, 0.5) is 5.69 Å². The lowest BCUT2D eigenvalue weighted by Gasteiger charge is -2.24. The van der Waals surface area contributed by atoms with Crippen molar-refractivity contribution >= 4 is 23.2 Å². The van der Waals surface area contributed by atoms with E-state index in [1.165, 1.54) is 30.6 Å². The summed E-state index contributed by atoms with van der Waals surface area (Å²) in [7, 11) is 1.59. The molecule has 5 heteroatoms. The van der Waals surface area contributed by atoms with Crippen molar-refractivity contribution in [3.63, 3.8) is 0 Å². The normalized spacial score (nSPS) is 17.9. The number of methoxy groups -OCH3 is 1. The number of likely N-dealkylation sites (tertiary alicyclic amines) is 1. The minimum absolute atomic E-state index is 0.0208. The summed E-state index contributed by atoms with van der Waals surface area (Å²) in [6, 6.07) is 5.18. The highest BCUT2D eigenvalue weighted by atomic mass is 35.5. The van der Waals surface area contributed by atoms with Crippen molar-refractivity contribution in [3.05, 3.63) is 23.2 Å². The van der Waals surface area contributed by atoms with Crippen LogP contribution >= 0.6 is 11.6 Å². The number of halogens is 1. The van der Waals surface area contributed by atoms with Crippen LogP contribution in [0.3, 0.4) is 0 Å². The van der Waals surface area contributed by atoms with Crippen molar-refractivity contribution in [2.24, 2.45) is 0 Å². The fourth-order valence-corrected chi connectivity index (χ4v) is 2.99. The maximum Gasteiger partial charge on any atom is 0.282 e. The monoisotopic (exact) mass is 311 g/mol. The van der Waals surface area contributed by atoms with Crippen LogP contribution in [0.25, 0.3) is 0 Å². The molecular formula is C16H24ClN2O2+. The third kappa shape index (κ3) is 4.35. The van der Waals surface area contributed by atoms with Gasteiger partial charge in [-0.2, -0.15) is 0 Å². The van der Waals surface area contributed by atoms with Crippen LogP contribution in [0.5, 0.6) is 5.75 Å². The summed E-state index contributed by atoms with van der Waals surface area (Å²) in [6.07, 6.45) is 4.96. The third-order valence-electron chi connectivity index (χ3n) is 4.17. The number of hydrogen-bond donors (Lipinski definition) is 2. The molecule has 1 saturated heterocycles. The molecule has 0 bridgehead atoms. The summed E-state index contributed by atoms with van der Waals surface area (Å²) in [5.41, 5.74) is 0.635. The topological polar surface area (TPSA) is 42.8 Å². The lowest BCUT2D eigenvalue weighted by atomic mass is 10.2. The highest BCUT2D eigenvalue weighted by molar-refractivity contribution is 6.31. The number of carbonyl (C=O) groups excluding carboxylic acids is 1. The maximum absolute atomic E-state index is 12.5. The first-order valence-corrected chi connectivity index (χ1v) is 7.98. The molecule has 1 aliphatic rings. The average Bonchev–Trinajstić information content (AvgIpc) is 2.75. The molecule has 1 heterocycles. The Morgan fingerprint density at radius 1 is 1.29 bits per heavy atom. The zero-order valence-electron chi connectivity index (χ0n) is 12.7. The van der Waals surface area contributed by atoms with Crippen LogP contribution in [-0.2, 0) is 4.79 Å². The molecule has 0 spiro atoms. The van der Waals surface area contributed by atoms with Gasteiger partial charge in [0.25, 0.3) is 5.91 Å². The van der Waals surface area contributed by atoms with Crippen LogP contribution in [0.2, 0.25) is 5.02 Å². The molecule has 1 fully saturated rings. The quantitative estimate of drug-likeness (QED) is 0.894. The minimum atomic E-state index is -0.0632. The highest BCUT2D eigenvalue weighted by Gasteiger charge is 2.26. The third-order valence-corrected chi connectivity index (χ3v) is 4.41. The van der Waals surface area contributed by atoms with Crippen LogP contribution in [0.15, 0.2) is 18.2 Å². The van der Waals surface area contributed by atoms with E-state index in [0.29, 0.717) is 16.5 Å². The van der Waals surface area contributed by atoms with E-state index in [0.717, 1.165) is 13.1 Å². The summed E-state index contributed by atoms with van der Waals surface area (Å²) in [5.74, 6) is 0.651. The summed E-state index contributed by atoms with van der Waals surface area (Å²) < 4.78 is 5.27. The predicted octanol–water partition coefficient (Wildman–Crippen LogP) is 2.13. The molecule has 0 aromatic heterocycles. The maximum atomic E-state index is 12.5. The lowest BCUT2D eigenvalue weighted by Crippen LogP contribution is -3.16. The zero-order valence-corrected chi connectivity index (χ0v) is 13.5. The number of quaternary nitrogens is 1. The molecular weight excluding hydrogens is 288 g/mol. The number of ether oxygens (including phenoxy) is 1. The molecule has 4 nitrogen and oxygen atoms in total. The fraction of sp³-hybridized carbons (Fsp3) is 0.562. The first-order chi connectivity index (χ1) is 10.1. The number of benzene rings is 1. The molecule has 1 aromatic rings. The Hall–Kier alpha value is -1.26. The van der Waals surface area contributed by atoms with Crippen molar-refractivity contribution in [1.82, 2.24) is 0 Å². The Morgan fingerprint density at radius 2 is 1.95 bits per heavy atom. The van der Waals surface area contributed by atoms with Crippen molar-refractivity contribution < 1.29 is 14.4 Å². The lowest BCUT2D eigenvalue weighted by molar-refractivity contribution is -0.913. The average molecular weight is 312 g/mol. The second-order valence-electron chi connectivity index (χ2n) is 5.63. The molecule has 21 heavy (non-hydrogen) atoms. The van der Waals surface area contributed by atoms with E-state index in [4.69, 9.17) is 16.3 Å². The van der Waals surface area contributed by atoms with E-state index in [2.05, 4.69) is 5.32 Å². The molecule has 0 saturated carbocycles.